The van der Waals surface area contributed by atoms with Crippen LogP contribution in [0.25, 0.3) is 0 Å². The van der Waals surface area contributed by atoms with Gasteiger partial charge in [-0.25, -0.2) is 0 Å². The topological polar surface area (TPSA) is 0 Å². The highest BCUT2D eigenvalue weighted by Gasteiger charge is 2.33. The first-order valence-corrected chi connectivity index (χ1v) is 6.66. The van der Waals surface area contributed by atoms with Crippen LogP contribution in [0.2, 0.25) is 0 Å². The average molecular weight is 226 g/mol. The normalized spacial score (nSPS) is 22.4. The van der Waals surface area contributed by atoms with Crippen molar-refractivity contribution < 1.29 is 0 Å². The van der Waals surface area contributed by atoms with Crippen LogP contribution in [0, 0.1) is 5.92 Å². The summed E-state index contributed by atoms with van der Waals surface area (Å²) in [4.78, 5) is 0. The van der Waals surface area contributed by atoms with Crippen LogP contribution in [0.1, 0.15) is 38.7 Å². The van der Waals surface area contributed by atoms with Gasteiger partial charge < -0.3 is 0 Å². The van der Waals surface area contributed by atoms with Crippen LogP contribution < -0.4 is 0 Å². The summed E-state index contributed by atoms with van der Waals surface area (Å²) >= 11 is 0. The smallest absolute Gasteiger partial charge is 0.000959 e. The maximum atomic E-state index is 2.42. The number of rotatable bonds is 4. The van der Waals surface area contributed by atoms with Gasteiger partial charge in [0.2, 0.25) is 0 Å². The van der Waals surface area contributed by atoms with Crippen LogP contribution in [0.4, 0.5) is 0 Å². The second kappa shape index (κ2) is 5.35. The Morgan fingerprint density at radius 1 is 1.18 bits per heavy atom. The van der Waals surface area contributed by atoms with Crippen LogP contribution in [-0.2, 0) is 5.41 Å². The fourth-order valence-electron chi connectivity index (χ4n) is 2.94. The van der Waals surface area contributed by atoms with Gasteiger partial charge in [-0.2, -0.15) is 0 Å². The standard InChI is InChI=1S/C17H22/c1-3-14-17(2,15-10-6-4-7-11-15)16-12-8-5-9-13-16/h4-12,16H,3,13-14H2,1-2H3. The number of benzene rings is 1. The lowest BCUT2D eigenvalue weighted by Gasteiger charge is -2.37. The van der Waals surface area contributed by atoms with E-state index in [1.54, 1.807) is 0 Å². The van der Waals surface area contributed by atoms with Crippen molar-refractivity contribution in [3.05, 3.63) is 60.2 Å². The zero-order valence-electron chi connectivity index (χ0n) is 10.9. The van der Waals surface area contributed by atoms with Gasteiger partial charge in [0.15, 0.2) is 0 Å². The second-order valence-electron chi connectivity index (χ2n) is 5.19. The molecular formula is C17H22. The van der Waals surface area contributed by atoms with E-state index in [9.17, 15) is 0 Å². The van der Waals surface area contributed by atoms with Crippen LogP contribution in [0.3, 0.4) is 0 Å². The summed E-state index contributed by atoms with van der Waals surface area (Å²) in [5.41, 5.74) is 1.75. The van der Waals surface area contributed by atoms with Crippen molar-refractivity contribution in [2.45, 2.75) is 38.5 Å². The maximum Gasteiger partial charge on any atom is -0.000959 e. The molecule has 0 bridgehead atoms. The summed E-state index contributed by atoms with van der Waals surface area (Å²) < 4.78 is 0. The van der Waals surface area contributed by atoms with Crippen LogP contribution in [-0.4, -0.2) is 0 Å². The molecule has 0 spiro atoms. The summed E-state index contributed by atoms with van der Waals surface area (Å²) in [6.07, 6.45) is 12.7. The first kappa shape index (κ1) is 12.2. The molecule has 0 N–H and O–H groups in total. The summed E-state index contributed by atoms with van der Waals surface area (Å²) in [5, 5.41) is 0. The van der Waals surface area contributed by atoms with Gasteiger partial charge in [0.05, 0.1) is 0 Å². The third kappa shape index (κ3) is 2.52. The van der Waals surface area contributed by atoms with Gasteiger partial charge >= 0.3 is 0 Å². The maximum absolute atomic E-state index is 2.42. The SMILES string of the molecule is CCCC(C)(c1ccccc1)C1C=CC=CC1. The highest BCUT2D eigenvalue weighted by molar-refractivity contribution is 5.29. The van der Waals surface area contributed by atoms with Gasteiger partial charge in [0, 0.05) is 0 Å². The summed E-state index contributed by atoms with van der Waals surface area (Å²) in [5.74, 6) is 0.634. The minimum absolute atomic E-state index is 0.275. The van der Waals surface area contributed by atoms with Crippen molar-refractivity contribution in [1.29, 1.82) is 0 Å². The fourth-order valence-corrected chi connectivity index (χ4v) is 2.94. The van der Waals surface area contributed by atoms with Gasteiger partial charge in [0.25, 0.3) is 0 Å². The van der Waals surface area contributed by atoms with Gasteiger partial charge in [-0.1, -0.05) is 74.9 Å². The van der Waals surface area contributed by atoms with E-state index in [0.29, 0.717) is 5.92 Å². The molecule has 2 rings (SSSR count). The minimum atomic E-state index is 0.275. The Morgan fingerprint density at radius 2 is 1.94 bits per heavy atom. The predicted molar refractivity (Wildman–Crippen MR) is 75.1 cm³/mol. The molecule has 0 heteroatoms. The van der Waals surface area contributed by atoms with E-state index in [1.165, 1.54) is 24.8 Å². The Balaban J connectivity index is 2.32. The molecule has 0 saturated carbocycles. The van der Waals surface area contributed by atoms with Crippen molar-refractivity contribution in [3.63, 3.8) is 0 Å². The minimum Gasteiger partial charge on any atom is -0.0839 e. The molecule has 1 aliphatic carbocycles. The molecule has 0 aliphatic heterocycles. The molecule has 0 heterocycles. The van der Waals surface area contributed by atoms with Gasteiger partial charge in [-0.05, 0) is 29.7 Å². The highest BCUT2D eigenvalue weighted by atomic mass is 14.4. The molecule has 90 valence electrons. The highest BCUT2D eigenvalue weighted by Crippen LogP contribution is 2.40. The first-order valence-electron chi connectivity index (χ1n) is 6.66. The second-order valence-corrected chi connectivity index (χ2v) is 5.19. The molecule has 2 atom stereocenters. The molecule has 1 aliphatic rings. The Kier molecular flexibility index (Phi) is 3.83. The molecule has 17 heavy (non-hydrogen) atoms. The van der Waals surface area contributed by atoms with Crippen LogP contribution in [0.15, 0.2) is 54.6 Å². The van der Waals surface area contributed by atoms with Crippen molar-refractivity contribution in [1.82, 2.24) is 0 Å². The van der Waals surface area contributed by atoms with Crippen molar-refractivity contribution >= 4 is 0 Å². The molecule has 1 aromatic carbocycles. The van der Waals surface area contributed by atoms with E-state index in [2.05, 4.69) is 68.5 Å². The van der Waals surface area contributed by atoms with Crippen LogP contribution in [0.5, 0.6) is 0 Å². The lowest BCUT2D eigenvalue weighted by atomic mass is 9.67. The number of hydrogen-bond acceptors (Lipinski definition) is 0. The molecule has 2 unspecified atom stereocenters. The van der Waals surface area contributed by atoms with Gasteiger partial charge in [0.1, 0.15) is 0 Å². The summed E-state index contributed by atoms with van der Waals surface area (Å²) in [7, 11) is 0. The van der Waals surface area contributed by atoms with Gasteiger partial charge in [-0.15, -0.1) is 0 Å². The average Bonchev–Trinajstić information content (AvgIpc) is 2.41. The zero-order chi connectivity index (χ0) is 12.1. The van der Waals surface area contributed by atoms with E-state index in [4.69, 9.17) is 0 Å². The molecule has 1 aromatic rings. The summed E-state index contributed by atoms with van der Waals surface area (Å²) in [6, 6.07) is 11.0. The lowest BCUT2D eigenvalue weighted by molar-refractivity contribution is 0.320. The molecule has 0 saturated heterocycles. The monoisotopic (exact) mass is 226 g/mol. The van der Waals surface area contributed by atoms with E-state index >= 15 is 0 Å². The third-order valence-corrected chi connectivity index (χ3v) is 4.00. The zero-order valence-corrected chi connectivity index (χ0v) is 10.9. The molecule has 0 amide bonds. The van der Waals surface area contributed by atoms with Crippen molar-refractivity contribution in [3.8, 4) is 0 Å². The predicted octanol–water partition coefficient (Wildman–Crippen LogP) is 4.88. The van der Waals surface area contributed by atoms with Gasteiger partial charge in [-0.3, -0.25) is 0 Å². The van der Waals surface area contributed by atoms with E-state index in [1.807, 2.05) is 0 Å². The molecule has 0 aromatic heterocycles. The molecular weight excluding hydrogens is 204 g/mol. The Labute approximate surface area is 105 Å². The first-order chi connectivity index (χ1) is 8.27. The molecule has 0 radical (unpaired) electrons. The van der Waals surface area contributed by atoms with Crippen molar-refractivity contribution in [2.24, 2.45) is 5.92 Å². The summed E-state index contributed by atoms with van der Waals surface area (Å²) in [6.45, 7) is 4.70. The number of hydrogen-bond donors (Lipinski definition) is 0. The Morgan fingerprint density at radius 3 is 2.53 bits per heavy atom. The Hall–Kier alpha value is -1.30. The lowest BCUT2D eigenvalue weighted by Crippen LogP contribution is -2.31. The Bertz CT molecular complexity index is 399. The molecule has 0 fully saturated rings. The number of allylic oxidation sites excluding steroid dienone is 4. The quantitative estimate of drug-likeness (QED) is 0.686. The van der Waals surface area contributed by atoms with E-state index in [-0.39, 0.29) is 5.41 Å². The fraction of sp³-hybridized carbons (Fsp3) is 0.412. The van der Waals surface area contributed by atoms with E-state index < -0.39 is 0 Å². The largest absolute Gasteiger partial charge is 0.0839 e. The van der Waals surface area contributed by atoms with E-state index in [0.717, 1.165) is 0 Å². The van der Waals surface area contributed by atoms with Crippen molar-refractivity contribution in [2.75, 3.05) is 0 Å². The third-order valence-electron chi connectivity index (χ3n) is 4.00. The van der Waals surface area contributed by atoms with Crippen LogP contribution >= 0.6 is 0 Å². The molecule has 0 nitrogen and oxygen atoms in total.